The SMILES string of the molecule is Cc1nnc(CCNC(=O)[C@H]2CC[C@@H](NC(=O)Cn3cccn3)[C@H](O)C2)s1.O=CO. The number of carbonyl (C=O) groups excluding carboxylic acids is 2. The Labute approximate surface area is 177 Å². The minimum Gasteiger partial charge on any atom is -0.483 e. The number of aliphatic hydroxyl groups excluding tert-OH is 1. The molecule has 2 aromatic heterocycles. The van der Waals surface area contributed by atoms with Gasteiger partial charge in [0.15, 0.2) is 0 Å². The Morgan fingerprint density at radius 2 is 2.13 bits per heavy atom. The first kappa shape index (κ1) is 23.4. The Morgan fingerprint density at radius 3 is 2.73 bits per heavy atom. The van der Waals surface area contributed by atoms with Gasteiger partial charge in [-0.2, -0.15) is 5.10 Å². The lowest BCUT2D eigenvalue weighted by molar-refractivity contribution is -0.128. The monoisotopic (exact) mass is 438 g/mol. The van der Waals surface area contributed by atoms with E-state index in [0.29, 0.717) is 32.2 Å². The highest BCUT2D eigenvalue weighted by molar-refractivity contribution is 7.11. The van der Waals surface area contributed by atoms with E-state index in [1.165, 1.54) is 16.0 Å². The highest BCUT2D eigenvalue weighted by atomic mass is 32.1. The smallest absolute Gasteiger partial charge is 0.290 e. The molecule has 1 fully saturated rings. The van der Waals surface area contributed by atoms with Crippen LogP contribution < -0.4 is 10.6 Å². The molecule has 0 aliphatic heterocycles. The average molecular weight is 439 g/mol. The largest absolute Gasteiger partial charge is 0.483 e. The zero-order chi connectivity index (χ0) is 21.9. The molecule has 2 heterocycles. The van der Waals surface area contributed by atoms with Gasteiger partial charge in [0.05, 0.1) is 12.1 Å². The fraction of sp³-hybridized carbons (Fsp3) is 0.556. The van der Waals surface area contributed by atoms with E-state index >= 15 is 0 Å². The third-order valence-electron chi connectivity index (χ3n) is 4.60. The van der Waals surface area contributed by atoms with Crippen molar-refractivity contribution in [1.82, 2.24) is 30.6 Å². The Hall–Kier alpha value is -2.86. The van der Waals surface area contributed by atoms with Crippen molar-refractivity contribution in [2.45, 2.75) is 51.3 Å². The van der Waals surface area contributed by atoms with Gasteiger partial charge in [-0.15, -0.1) is 21.5 Å². The molecule has 0 bridgehead atoms. The van der Waals surface area contributed by atoms with Crippen molar-refractivity contribution in [3.63, 3.8) is 0 Å². The summed E-state index contributed by atoms with van der Waals surface area (Å²) in [5, 5.41) is 36.7. The number of carboxylic acid groups (broad SMARTS) is 1. The zero-order valence-electron chi connectivity index (χ0n) is 16.6. The van der Waals surface area contributed by atoms with Crippen molar-refractivity contribution in [2.75, 3.05) is 6.54 Å². The van der Waals surface area contributed by atoms with Crippen molar-refractivity contribution < 1.29 is 24.6 Å². The second-order valence-corrected chi connectivity index (χ2v) is 8.08. The maximum atomic E-state index is 12.3. The quantitative estimate of drug-likeness (QED) is 0.431. The normalized spacial score (nSPS) is 20.5. The molecular weight excluding hydrogens is 412 g/mol. The van der Waals surface area contributed by atoms with Gasteiger partial charge in [-0.05, 0) is 32.3 Å². The van der Waals surface area contributed by atoms with Gasteiger partial charge < -0.3 is 20.8 Å². The minimum atomic E-state index is -0.734. The summed E-state index contributed by atoms with van der Waals surface area (Å²) in [6, 6.07) is 1.42. The molecule has 0 spiro atoms. The highest BCUT2D eigenvalue weighted by Crippen LogP contribution is 2.25. The molecule has 2 aromatic rings. The van der Waals surface area contributed by atoms with E-state index in [9.17, 15) is 14.7 Å². The Balaban J connectivity index is 0.00000101. The van der Waals surface area contributed by atoms with Crippen LogP contribution in [0.15, 0.2) is 18.5 Å². The van der Waals surface area contributed by atoms with Gasteiger partial charge in [-0.3, -0.25) is 19.1 Å². The molecule has 11 nitrogen and oxygen atoms in total. The molecule has 2 amide bonds. The fourth-order valence-corrected chi connectivity index (χ4v) is 3.93. The first-order valence-corrected chi connectivity index (χ1v) is 10.3. The van der Waals surface area contributed by atoms with Gasteiger partial charge in [0, 0.05) is 31.3 Å². The number of aromatic nitrogens is 4. The van der Waals surface area contributed by atoms with E-state index in [0.717, 1.165) is 10.0 Å². The van der Waals surface area contributed by atoms with Gasteiger partial charge in [0.1, 0.15) is 16.6 Å². The van der Waals surface area contributed by atoms with E-state index < -0.39 is 6.10 Å². The summed E-state index contributed by atoms with van der Waals surface area (Å²) in [5.74, 6) is -0.495. The number of aliphatic hydroxyl groups is 1. The number of aryl methyl sites for hydroxylation is 1. The molecule has 4 N–H and O–H groups in total. The molecule has 12 heteroatoms. The zero-order valence-corrected chi connectivity index (χ0v) is 17.4. The van der Waals surface area contributed by atoms with Crippen LogP contribution in [0, 0.1) is 12.8 Å². The van der Waals surface area contributed by atoms with E-state index in [1.807, 2.05) is 6.92 Å². The van der Waals surface area contributed by atoms with Crippen LogP contribution in [0.25, 0.3) is 0 Å². The molecule has 3 atom stereocenters. The molecule has 0 saturated heterocycles. The predicted molar refractivity (Wildman–Crippen MR) is 108 cm³/mol. The van der Waals surface area contributed by atoms with Crippen molar-refractivity contribution in [3.05, 3.63) is 28.5 Å². The lowest BCUT2D eigenvalue weighted by Gasteiger charge is -2.33. The lowest BCUT2D eigenvalue weighted by Crippen LogP contribution is -2.49. The summed E-state index contributed by atoms with van der Waals surface area (Å²) in [5.41, 5.74) is 0. The second kappa shape index (κ2) is 12.0. The molecular formula is C18H26N6O5S. The Bertz CT molecular complexity index is 812. The van der Waals surface area contributed by atoms with Crippen molar-refractivity contribution in [1.29, 1.82) is 0 Å². The molecule has 3 rings (SSSR count). The summed E-state index contributed by atoms with van der Waals surface area (Å²) in [7, 11) is 0. The van der Waals surface area contributed by atoms with Gasteiger partial charge in [0.2, 0.25) is 11.8 Å². The van der Waals surface area contributed by atoms with Crippen LogP contribution in [-0.4, -0.2) is 67.2 Å². The summed E-state index contributed by atoms with van der Waals surface area (Å²) in [6.45, 7) is 2.27. The molecule has 0 aromatic carbocycles. The van der Waals surface area contributed by atoms with Crippen LogP contribution in [0.2, 0.25) is 0 Å². The van der Waals surface area contributed by atoms with Gasteiger partial charge in [-0.1, -0.05) is 0 Å². The first-order valence-electron chi connectivity index (χ1n) is 9.52. The van der Waals surface area contributed by atoms with Crippen molar-refractivity contribution >= 4 is 29.6 Å². The topological polar surface area (TPSA) is 159 Å². The second-order valence-electron chi connectivity index (χ2n) is 6.82. The number of amides is 2. The number of nitrogens with one attached hydrogen (secondary N) is 2. The van der Waals surface area contributed by atoms with Gasteiger partial charge in [0.25, 0.3) is 6.47 Å². The Morgan fingerprint density at radius 1 is 1.37 bits per heavy atom. The predicted octanol–water partition coefficient (Wildman–Crippen LogP) is -0.251. The maximum absolute atomic E-state index is 12.3. The summed E-state index contributed by atoms with van der Waals surface area (Å²) in [4.78, 5) is 32.7. The van der Waals surface area contributed by atoms with Crippen LogP contribution in [0.1, 0.15) is 29.3 Å². The molecule has 0 unspecified atom stereocenters. The van der Waals surface area contributed by atoms with Gasteiger partial charge >= 0.3 is 0 Å². The number of nitrogens with zero attached hydrogens (tertiary/aromatic N) is 4. The van der Waals surface area contributed by atoms with Crippen LogP contribution in [0.3, 0.4) is 0 Å². The van der Waals surface area contributed by atoms with Crippen molar-refractivity contribution in [3.8, 4) is 0 Å². The standard InChI is InChI=1S/C17H24N6O3S.CH2O2/c1-11-21-22-16(27-11)5-7-18-17(26)12-3-4-13(14(24)9-12)20-15(25)10-23-8-2-6-19-23;2-1-3/h2,6,8,12-14,24H,3-5,7,9-10H2,1H3,(H,18,26)(H,20,25);1H,(H,2,3)/t12-,13+,14+;/m0./s1. The molecule has 1 aliphatic rings. The average Bonchev–Trinajstić information content (AvgIpc) is 3.35. The van der Waals surface area contributed by atoms with Gasteiger partial charge in [-0.25, -0.2) is 0 Å². The number of hydrogen-bond acceptors (Lipinski definition) is 8. The van der Waals surface area contributed by atoms with Crippen LogP contribution in [0.5, 0.6) is 0 Å². The molecule has 164 valence electrons. The number of carbonyl (C=O) groups is 3. The van der Waals surface area contributed by atoms with Crippen LogP contribution >= 0.6 is 11.3 Å². The Kier molecular flexibility index (Phi) is 9.35. The first-order chi connectivity index (χ1) is 14.4. The van der Waals surface area contributed by atoms with E-state index in [-0.39, 0.29) is 36.8 Å². The number of hydrogen-bond donors (Lipinski definition) is 4. The van der Waals surface area contributed by atoms with E-state index in [1.54, 1.807) is 18.5 Å². The minimum absolute atomic E-state index is 0.0587. The number of rotatable bonds is 7. The van der Waals surface area contributed by atoms with E-state index in [2.05, 4.69) is 25.9 Å². The van der Waals surface area contributed by atoms with E-state index in [4.69, 9.17) is 9.90 Å². The summed E-state index contributed by atoms with van der Waals surface area (Å²) >= 11 is 1.52. The molecule has 30 heavy (non-hydrogen) atoms. The fourth-order valence-electron chi connectivity index (χ4n) is 3.22. The molecule has 1 saturated carbocycles. The summed E-state index contributed by atoms with van der Waals surface area (Å²) < 4.78 is 1.53. The summed E-state index contributed by atoms with van der Waals surface area (Å²) in [6.07, 6.45) is 4.78. The van der Waals surface area contributed by atoms with Crippen LogP contribution in [-0.2, 0) is 27.3 Å². The molecule has 1 aliphatic carbocycles. The third kappa shape index (κ3) is 7.52. The lowest BCUT2D eigenvalue weighted by atomic mass is 9.83. The highest BCUT2D eigenvalue weighted by Gasteiger charge is 2.33. The van der Waals surface area contributed by atoms with Crippen molar-refractivity contribution in [2.24, 2.45) is 5.92 Å². The third-order valence-corrected chi connectivity index (χ3v) is 5.50. The molecule has 0 radical (unpaired) electrons. The van der Waals surface area contributed by atoms with Crippen LogP contribution in [0.4, 0.5) is 0 Å². The maximum Gasteiger partial charge on any atom is 0.290 e.